The summed E-state index contributed by atoms with van der Waals surface area (Å²) in [7, 11) is 0. The molecule has 178 valence electrons. The Hall–Kier alpha value is -1.74. The normalized spacial score (nSPS) is 34.7. The molecule has 2 aromatic heterocycles. The Bertz CT molecular complexity index is 1030. The summed E-state index contributed by atoms with van der Waals surface area (Å²) in [5, 5.41) is 11.9. The van der Waals surface area contributed by atoms with E-state index in [-0.39, 0.29) is 28.4 Å². The van der Waals surface area contributed by atoms with E-state index in [9.17, 15) is 18.0 Å². The van der Waals surface area contributed by atoms with Crippen molar-refractivity contribution >= 4 is 34.7 Å². The quantitative estimate of drug-likeness (QED) is 0.527. The van der Waals surface area contributed by atoms with E-state index in [1.54, 1.807) is 12.1 Å². The molecule has 0 unspecified atom stereocenters. The molecule has 5 nitrogen and oxygen atoms in total. The van der Waals surface area contributed by atoms with Crippen molar-refractivity contribution in [1.82, 2.24) is 15.1 Å². The van der Waals surface area contributed by atoms with Crippen LogP contribution in [0.4, 0.5) is 19.0 Å². The Labute approximate surface area is 199 Å². The Kier molecular flexibility index (Phi) is 5.04. The third-order valence-corrected chi connectivity index (χ3v) is 9.53. The molecule has 3 heterocycles. The smallest absolute Gasteiger partial charge is 0.361 e. The van der Waals surface area contributed by atoms with Crippen molar-refractivity contribution < 1.29 is 18.0 Å². The number of anilines is 1. The SMILES string of the molecule is O=C(NCC12CC3CC(CC(C3)C1)C2)c1nn2c(c1Cl)N[C@H](c1cccs1)C[C@H]2C(F)(F)F. The molecule has 33 heavy (non-hydrogen) atoms. The molecule has 4 fully saturated rings. The number of aromatic nitrogens is 2. The van der Waals surface area contributed by atoms with Gasteiger partial charge in [0.1, 0.15) is 10.8 Å². The summed E-state index contributed by atoms with van der Waals surface area (Å²) >= 11 is 7.85. The highest BCUT2D eigenvalue weighted by molar-refractivity contribution is 7.10. The van der Waals surface area contributed by atoms with Gasteiger partial charge in [0.15, 0.2) is 11.7 Å². The lowest BCUT2D eigenvalue weighted by atomic mass is 9.49. The van der Waals surface area contributed by atoms with Gasteiger partial charge in [-0.25, -0.2) is 4.68 Å². The fraction of sp³-hybridized carbons (Fsp3) is 0.652. The molecule has 4 aliphatic carbocycles. The van der Waals surface area contributed by atoms with E-state index in [1.807, 2.05) is 5.38 Å². The predicted octanol–water partition coefficient (Wildman–Crippen LogP) is 6.20. The zero-order valence-electron chi connectivity index (χ0n) is 18.0. The minimum Gasteiger partial charge on any atom is -0.361 e. The number of amides is 1. The van der Waals surface area contributed by atoms with Crippen molar-refractivity contribution in [3.63, 3.8) is 0 Å². The first-order valence-electron chi connectivity index (χ1n) is 11.6. The molecule has 0 saturated heterocycles. The van der Waals surface area contributed by atoms with Gasteiger partial charge in [-0.05, 0) is 73.1 Å². The van der Waals surface area contributed by atoms with Gasteiger partial charge in [0, 0.05) is 17.8 Å². The van der Waals surface area contributed by atoms with E-state index >= 15 is 0 Å². The minimum absolute atomic E-state index is 0.0477. The molecule has 4 saturated carbocycles. The molecule has 2 aromatic rings. The predicted molar refractivity (Wildman–Crippen MR) is 121 cm³/mol. The molecule has 7 rings (SSSR count). The lowest BCUT2D eigenvalue weighted by molar-refractivity contribution is -0.173. The first kappa shape index (κ1) is 21.8. The van der Waals surface area contributed by atoms with E-state index in [1.165, 1.54) is 30.6 Å². The molecular formula is C23H26ClF3N4OS. The number of rotatable bonds is 4. The van der Waals surface area contributed by atoms with Crippen LogP contribution in [0, 0.1) is 23.2 Å². The van der Waals surface area contributed by atoms with Crippen molar-refractivity contribution in [2.24, 2.45) is 23.2 Å². The lowest BCUT2D eigenvalue weighted by Gasteiger charge is -2.56. The van der Waals surface area contributed by atoms with Crippen molar-refractivity contribution in [3.8, 4) is 0 Å². The van der Waals surface area contributed by atoms with Crippen LogP contribution in [0.5, 0.6) is 0 Å². The molecule has 0 aromatic carbocycles. The molecule has 5 aliphatic rings. The highest BCUT2D eigenvalue weighted by Crippen LogP contribution is 2.59. The van der Waals surface area contributed by atoms with Crippen LogP contribution < -0.4 is 10.6 Å². The second-order valence-electron chi connectivity index (χ2n) is 10.6. The standard InChI is InChI=1S/C23H26ClF3N4OS/c24-18-19(21(32)28-11-22-8-12-4-13(9-22)6-14(5-12)10-22)30-31-17(23(25,26)27)7-15(29-20(18)31)16-2-1-3-33-16/h1-3,12-15,17,29H,4-11H2,(H,28,32)/t12?,13?,14?,15-,17-,22?/m0/s1. The summed E-state index contributed by atoms with van der Waals surface area (Å²) in [6.07, 6.45) is 2.61. The van der Waals surface area contributed by atoms with Crippen molar-refractivity contribution in [2.75, 3.05) is 11.9 Å². The van der Waals surface area contributed by atoms with Crippen molar-refractivity contribution in [2.45, 2.75) is 63.2 Å². The Morgan fingerprint density at radius 1 is 1.21 bits per heavy atom. The second kappa shape index (κ2) is 7.63. The molecule has 1 aliphatic heterocycles. The number of halogens is 4. The van der Waals surface area contributed by atoms with Crippen LogP contribution in [0.15, 0.2) is 17.5 Å². The summed E-state index contributed by atoms with van der Waals surface area (Å²) in [6.45, 7) is 0.543. The topological polar surface area (TPSA) is 59.0 Å². The van der Waals surface area contributed by atoms with E-state index < -0.39 is 24.2 Å². The summed E-state index contributed by atoms with van der Waals surface area (Å²) in [6, 6.07) is 1.22. The average molecular weight is 499 g/mol. The fourth-order valence-electron chi connectivity index (χ4n) is 7.27. The van der Waals surface area contributed by atoms with Crippen LogP contribution in [-0.4, -0.2) is 28.4 Å². The Morgan fingerprint density at radius 2 is 1.88 bits per heavy atom. The number of hydrogen-bond acceptors (Lipinski definition) is 4. The summed E-state index contributed by atoms with van der Waals surface area (Å²) in [5.74, 6) is 1.82. The molecule has 1 amide bonds. The zero-order chi connectivity index (χ0) is 23.0. The van der Waals surface area contributed by atoms with Gasteiger partial charge < -0.3 is 10.6 Å². The van der Waals surface area contributed by atoms with Gasteiger partial charge in [0.25, 0.3) is 5.91 Å². The van der Waals surface area contributed by atoms with Crippen LogP contribution in [0.3, 0.4) is 0 Å². The molecule has 0 spiro atoms. The summed E-state index contributed by atoms with van der Waals surface area (Å²) in [4.78, 5) is 13.9. The minimum atomic E-state index is -4.51. The van der Waals surface area contributed by atoms with Gasteiger partial charge in [-0.1, -0.05) is 17.7 Å². The third kappa shape index (κ3) is 3.75. The van der Waals surface area contributed by atoms with Crippen LogP contribution >= 0.6 is 22.9 Å². The molecule has 10 heteroatoms. The number of carbonyl (C=O) groups is 1. The molecule has 2 atom stereocenters. The van der Waals surface area contributed by atoms with Crippen molar-refractivity contribution in [1.29, 1.82) is 0 Å². The lowest BCUT2D eigenvalue weighted by Crippen LogP contribution is -2.51. The van der Waals surface area contributed by atoms with Crippen LogP contribution in [0.25, 0.3) is 0 Å². The Balaban J connectivity index is 1.24. The van der Waals surface area contributed by atoms with E-state index in [2.05, 4.69) is 15.7 Å². The highest BCUT2D eigenvalue weighted by atomic mass is 35.5. The molecular weight excluding hydrogens is 473 g/mol. The second-order valence-corrected chi connectivity index (χ2v) is 11.9. The number of alkyl halides is 3. The molecule has 4 bridgehead atoms. The van der Waals surface area contributed by atoms with Gasteiger partial charge in [0.2, 0.25) is 0 Å². The maximum absolute atomic E-state index is 13.9. The fourth-order valence-corrected chi connectivity index (χ4v) is 8.32. The number of nitrogens with one attached hydrogen (secondary N) is 2. The molecule has 0 radical (unpaired) electrons. The maximum Gasteiger partial charge on any atom is 0.410 e. The van der Waals surface area contributed by atoms with Gasteiger partial charge in [-0.2, -0.15) is 18.3 Å². The first-order valence-corrected chi connectivity index (χ1v) is 12.9. The summed E-state index contributed by atoms with van der Waals surface area (Å²) in [5.41, 5.74) is -0.0160. The van der Waals surface area contributed by atoms with E-state index in [4.69, 9.17) is 11.6 Å². The van der Waals surface area contributed by atoms with Gasteiger partial charge in [-0.15, -0.1) is 11.3 Å². The van der Waals surface area contributed by atoms with Gasteiger partial charge in [-0.3, -0.25) is 4.79 Å². The number of thiophene rings is 1. The third-order valence-electron chi connectivity index (χ3n) is 8.19. The average Bonchev–Trinajstić information content (AvgIpc) is 3.38. The van der Waals surface area contributed by atoms with Gasteiger partial charge in [0.05, 0.1) is 6.04 Å². The van der Waals surface area contributed by atoms with Crippen LogP contribution in [0.1, 0.15) is 72.4 Å². The highest BCUT2D eigenvalue weighted by Gasteiger charge is 2.51. The van der Waals surface area contributed by atoms with Gasteiger partial charge >= 0.3 is 6.18 Å². The van der Waals surface area contributed by atoms with E-state index in [0.717, 1.165) is 46.6 Å². The maximum atomic E-state index is 13.9. The number of fused-ring (bicyclic) bond motifs is 1. The van der Waals surface area contributed by atoms with Crippen LogP contribution in [0.2, 0.25) is 5.02 Å². The molecule has 2 N–H and O–H groups in total. The van der Waals surface area contributed by atoms with Crippen LogP contribution in [-0.2, 0) is 0 Å². The Morgan fingerprint density at radius 3 is 2.45 bits per heavy atom. The summed E-state index contributed by atoms with van der Waals surface area (Å²) < 4.78 is 42.6. The zero-order valence-corrected chi connectivity index (χ0v) is 19.6. The van der Waals surface area contributed by atoms with E-state index in [0.29, 0.717) is 6.54 Å². The number of carbonyl (C=O) groups excluding carboxylic acids is 1. The number of nitrogens with zero attached hydrogens (tertiary/aromatic N) is 2. The monoisotopic (exact) mass is 498 g/mol. The van der Waals surface area contributed by atoms with Crippen molar-refractivity contribution in [3.05, 3.63) is 33.1 Å². The first-order chi connectivity index (χ1) is 15.7. The largest absolute Gasteiger partial charge is 0.410 e. The number of hydrogen-bond donors (Lipinski definition) is 2.